The second-order valence-electron chi connectivity index (χ2n) is 4.69. The molecular formula is C14H17NO4. The summed E-state index contributed by atoms with van der Waals surface area (Å²) in [7, 11) is 0. The molecule has 0 bridgehead atoms. The van der Waals surface area contributed by atoms with Gasteiger partial charge in [0.15, 0.2) is 0 Å². The van der Waals surface area contributed by atoms with E-state index >= 15 is 0 Å². The topological polar surface area (TPSA) is 75.6 Å². The number of anilines is 1. The lowest BCUT2D eigenvalue weighted by Crippen LogP contribution is -2.22. The summed E-state index contributed by atoms with van der Waals surface area (Å²) in [6, 6.07) is 6.16. The molecule has 1 fully saturated rings. The highest BCUT2D eigenvalue weighted by Gasteiger charge is 2.17. The minimum atomic E-state index is -0.972. The summed E-state index contributed by atoms with van der Waals surface area (Å²) in [5.41, 5.74) is 0.837. The first-order valence-corrected chi connectivity index (χ1v) is 6.36. The van der Waals surface area contributed by atoms with Crippen LogP contribution in [0.15, 0.2) is 24.3 Å². The van der Waals surface area contributed by atoms with E-state index in [9.17, 15) is 9.59 Å². The van der Waals surface area contributed by atoms with Gasteiger partial charge in [0.1, 0.15) is 0 Å². The van der Waals surface area contributed by atoms with E-state index in [0.29, 0.717) is 18.0 Å². The third-order valence-corrected chi connectivity index (χ3v) is 3.23. The minimum absolute atomic E-state index is 0.0324. The Bertz CT molecular complexity index is 449. The molecule has 0 aliphatic carbocycles. The van der Waals surface area contributed by atoms with Crippen LogP contribution in [0.25, 0.3) is 0 Å². The molecule has 0 spiro atoms. The molecule has 0 atom stereocenters. The summed E-state index contributed by atoms with van der Waals surface area (Å²) < 4.78 is 5.25. The fourth-order valence-corrected chi connectivity index (χ4v) is 2.12. The average Bonchev–Trinajstić information content (AvgIpc) is 2.40. The highest BCUT2D eigenvalue weighted by Crippen LogP contribution is 2.19. The van der Waals surface area contributed by atoms with Crippen LogP contribution in [0, 0.1) is 5.92 Å². The van der Waals surface area contributed by atoms with Crippen molar-refractivity contribution in [3.63, 3.8) is 0 Å². The number of carbonyl (C=O) groups is 2. The largest absolute Gasteiger partial charge is 0.478 e. The molecule has 2 N–H and O–H groups in total. The van der Waals surface area contributed by atoms with Gasteiger partial charge in [0.2, 0.25) is 5.91 Å². The predicted molar refractivity (Wildman–Crippen MR) is 70.2 cm³/mol. The normalized spacial score (nSPS) is 16.0. The predicted octanol–water partition coefficient (Wildman–Crippen LogP) is 2.14. The van der Waals surface area contributed by atoms with Gasteiger partial charge >= 0.3 is 5.97 Å². The second-order valence-corrected chi connectivity index (χ2v) is 4.69. The van der Waals surface area contributed by atoms with Crippen LogP contribution in [0.1, 0.15) is 29.6 Å². The Hall–Kier alpha value is -1.88. The Morgan fingerprint density at radius 1 is 1.21 bits per heavy atom. The Morgan fingerprint density at radius 3 is 2.42 bits per heavy atom. The molecule has 1 saturated heterocycles. The molecular weight excluding hydrogens is 246 g/mol. The average molecular weight is 263 g/mol. The first kappa shape index (κ1) is 13.5. The van der Waals surface area contributed by atoms with E-state index < -0.39 is 5.97 Å². The standard InChI is InChI=1S/C14H17NO4/c16-13(9-10-5-7-19-8-6-10)15-12-3-1-11(2-4-12)14(17)18/h1-4,10H,5-9H2,(H,15,16)(H,17,18). The first-order chi connectivity index (χ1) is 9.15. The maximum atomic E-state index is 11.8. The van der Waals surface area contributed by atoms with Gasteiger partial charge in [-0.3, -0.25) is 4.79 Å². The summed E-state index contributed by atoms with van der Waals surface area (Å²) in [4.78, 5) is 22.5. The Kier molecular flexibility index (Phi) is 4.52. The smallest absolute Gasteiger partial charge is 0.335 e. The van der Waals surface area contributed by atoms with Crippen molar-refractivity contribution < 1.29 is 19.4 Å². The van der Waals surface area contributed by atoms with Gasteiger partial charge in [-0.2, -0.15) is 0 Å². The number of hydrogen-bond donors (Lipinski definition) is 2. The molecule has 1 aliphatic rings. The van der Waals surface area contributed by atoms with Crippen molar-refractivity contribution in [2.45, 2.75) is 19.3 Å². The summed E-state index contributed by atoms with van der Waals surface area (Å²) in [6.45, 7) is 1.45. The Morgan fingerprint density at radius 2 is 1.84 bits per heavy atom. The number of carboxylic acid groups (broad SMARTS) is 1. The van der Waals surface area contributed by atoms with Crippen LogP contribution < -0.4 is 5.32 Å². The van der Waals surface area contributed by atoms with Crippen LogP contribution in [0.2, 0.25) is 0 Å². The lowest BCUT2D eigenvalue weighted by molar-refractivity contribution is -0.117. The van der Waals surface area contributed by atoms with Crippen LogP contribution in [0.3, 0.4) is 0 Å². The lowest BCUT2D eigenvalue weighted by Gasteiger charge is -2.21. The number of carboxylic acids is 1. The quantitative estimate of drug-likeness (QED) is 0.872. The highest BCUT2D eigenvalue weighted by molar-refractivity contribution is 5.92. The monoisotopic (exact) mass is 263 g/mol. The van der Waals surface area contributed by atoms with E-state index in [1.807, 2.05) is 0 Å². The SMILES string of the molecule is O=C(CC1CCOCC1)Nc1ccc(C(=O)O)cc1. The van der Waals surface area contributed by atoms with E-state index in [-0.39, 0.29) is 11.5 Å². The van der Waals surface area contributed by atoms with Crippen molar-refractivity contribution in [3.8, 4) is 0 Å². The summed E-state index contributed by atoms with van der Waals surface area (Å²) in [6.07, 6.45) is 2.33. The van der Waals surface area contributed by atoms with Gasteiger partial charge in [-0.15, -0.1) is 0 Å². The van der Waals surface area contributed by atoms with Crippen molar-refractivity contribution in [3.05, 3.63) is 29.8 Å². The van der Waals surface area contributed by atoms with Gasteiger partial charge in [-0.05, 0) is 43.0 Å². The molecule has 2 rings (SSSR count). The first-order valence-electron chi connectivity index (χ1n) is 6.36. The Balaban J connectivity index is 1.85. The van der Waals surface area contributed by atoms with Crippen molar-refractivity contribution in [1.29, 1.82) is 0 Å². The van der Waals surface area contributed by atoms with Crippen LogP contribution in [0.5, 0.6) is 0 Å². The number of amides is 1. The molecule has 0 radical (unpaired) electrons. The van der Waals surface area contributed by atoms with Gasteiger partial charge < -0.3 is 15.2 Å². The maximum absolute atomic E-state index is 11.8. The molecule has 1 amide bonds. The number of rotatable bonds is 4. The summed E-state index contributed by atoms with van der Waals surface area (Å²) in [5.74, 6) is -0.623. The molecule has 0 saturated carbocycles. The molecule has 1 aliphatic heterocycles. The maximum Gasteiger partial charge on any atom is 0.335 e. The third kappa shape index (κ3) is 4.06. The molecule has 5 heteroatoms. The van der Waals surface area contributed by atoms with Crippen LogP contribution in [0.4, 0.5) is 5.69 Å². The van der Waals surface area contributed by atoms with Crippen molar-refractivity contribution in [1.82, 2.24) is 0 Å². The van der Waals surface area contributed by atoms with E-state index in [0.717, 1.165) is 26.1 Å². The molecule has 5 nitrogen and oxygen atoms in total. The van der Waals surface area contributed by atoms with E-state index in [2.05, 4.69) is 5.32 Å². The molecule has 102 valence electrons. The molecule has 0 aromatic heterocycles. The number of carbonyl (C=O) groups excluding carboxylic acids is 1. The molecule has 1 heterocycles. The highest BCUT2D eigenvalue weighted by atomic mass is 16.5. The lowest BCUT2D eigenvalue weighted by atomic mass is 9.96. The van der Waals surface area contributed by atoms with Gasteiger partial charge in [0, 0.05) is 25.3 Å². The van der Waals surface area contributed by atoms with Crippen LogP contribution >= 0.6 is 0 Å². The molecule has 1 aromatic carbocycles. The van der Waals surface area contributed by atoms with E-state index in [4.69, 9.17) is 9.84 Å². The Labute approximate surface area is 111 Å². The number of ether oxygens (including phenoxy) is 1. The summed E-state index contributed by atoms with van der Waals surface area (Å²) >= 11 is 0. The van der Waals surface area contributed by atoms with Gasteiger partial charge in [-0.1, -0.05) is 0 Å². The van der Waals surface area contributed by atoms with Crippen molar-refractivity contribution >= 4 is 17.6 Å². The second kappa shape index (κ2) is 6.33. The number of hydrogen-bond acceptors (Lipinski definition) is 3. The van der Waals surface area contributed by atoms with Gasteiger partial charge in [-0.25, -0.2) is 4.79 Å². The third-order valence-electron chi connectivity index (χ3n) is 3.23. The molecule has 1 aromatic rings. The van der Waals surface area contributed by atoms with E-state index in [1.165, 1.54) is 12.1 Å². The van der Waals surface area contributed by atoms with E-state index in [1.54, 1.807) is 12.1 Å². The van der Waals surface area contributed by atoms with Gasteiger partial charge in [0.25, 0.3) is 0 Å². The number of benzene rings is 1. The minimum Gasteiger partial charge on any atom is -0.478 e. The number of nitrogens with one attached hydrogen (secondary N) is 1. The zero-order valence-corrected chi connectivity index (χ0v) is 10.6. The van der Waals surface area contributed by atoms with Crippen LogP contribution in [-0.2, 0) is 9.53 Å². The fourth-order valence-electron chi connectivity index (χ4n) is 2.12. The van der Waals surface area contributed by atoms with Crippen molar-refractivity contribution in [2.24, 2.45) is 5.92 Å². The molecule has 0 unspecified atom stereocenters. The van der Waals surface area contributed by atoms with Crippen LogP contribution in [-0.4, -0.2) is 30.2 Å². The summed E-state index contributed by atoms with van der Waals surface area (Å²) in [5, 5.41) is 11.6. The zero-order valence-electron chi connectivity index (χ0n) is 10.6. The fraction of sp³-hybridized carbons (Fsp3) is 0.429. The van der Waals surface area contributed by atoms with Gasteiger partial charge in [0.05, 0.1) is 5.56 Å². The number of aromatic carboxylic acids is 1. The zero-order chi connectivity index (χ0) is 13.7. The molecule has 19 heavy (non-hydrogen) atoms. The van der Waals surface area contributed by atoms with Crippen molar-refractivity contribution in [2.75, 3.05) is 18.5 Å².